The van der Waals surface area contributed by atoms with Gasteiger partial charge in [0.15, 0.2) is 5.82 Å². The standard InChI is InChI=1S/C21H22P.C18H24N2/c1-18(2)22(19-12-6-3-7-13-19,20-14-8-4-9-15-20)21-16-10-5-11-17-21;1-9(2)10(3)18-19-15(8)16-13(6)11(4)12(5)14(7)17(16)20-18/h3-18H,1-2H3;1-8H3/q+1;. The van der Waals surface area contributed by atoms with E-state index in [1.165, 1.54) is 54.7 Å². The van der Waals surface area contributed by atoms with E-state index in [0.717, 1.165) is 17.0 Å². The minimum Gasteiger partial charge on any atom is -0.233 e. The Morgan fingerprint density at radius 2 is 0.952 bits per heavy atom. The van der Waals surface area contributed by atoms with Crippen LogP contribution in [0.15, 0.2) is 96.6 Å². The number of fused-ring (bicyclic) bond motifs is 1. The smallest absolute Gasteiger partial charge is 0.155 e. The second-order valence-electron chi connectivity index (χ2n) is 11.8. The van der Waals surface area contributed by atoms with Crippen LogP contribution in [0.2, 0.25) is 0 Å². The maximum Gasteiger partial charge on any atom is 0.155 e. The van der Waals surface area contributed by atoms with E-state index in [1.54, 1.807) is 0 Å². The first kappa shape index (κ1) is 31.3. The van der Waals surface area contributed by atoms with Crippen molar-refractivity contribution < 1.29 is 0 Å². The molecule has 3 heteroatoms. The Balaban J connectivity index is 0.000000194. The van der Waals surface area contributed by atoms with Crippen molar-refractivity contribution in [3.05, 3.63) is 130 Å². The van der Waals surface area contributed by atoms with Gasteiger partial charge in [0.2, 0.25) is 0 Å². The summed E-state index contributed by atoms with van der Waals surface area (Å²) in [6.45, 7) is 21.8. The second kappa shape index (κ2) is 13.1. The Hall–Kier alpha value is -3.61. The predicted octanol–water partition coefficient (Wildman–Crippen LogP) is 9.37. The molecule has 0 radical (unpaired) electrons. The fourth-order valence-electron chi connectivity index (χ4n) is 5.94. The molecule has 0 unspecified atom stereocenters. The Bertz CT molecular complexity index is 1600. The topological polar surface area (TPSA) is 25.8 Å². The average molecular weight is 574 g/mol. The molecule has 42 heavy (non-hydrogen) atoms. The van der Waals surface area contributed by atoms with Crippen LogP contribution < -0.4 is 15.9 Å². The van der Waals surface area contributed by atoms with Crippen LogP contribution in [0.3, 0.4) is 0 Å². The van der Waals surface area contributed by atoms with Crippen LogP contribution in [-0.2, 0) is 0 Å². The molecule has 0 fully saturated rings. The van der Waals surface area contributed by atoms with Crippen LogP contribution in [0.1, 0.15) is 68.4 Å². The lowest BCUT2D eigenvalue weighted by molar-refractivity contribution is 1.08. The summed E-state index contributed by atoms with van der Waals surface area (Å²) in [6, 6.07) is 33.1. The molecule has 0 atom stereocenters. The fraction of sp³-hybridized carbons (Fsp3) is 0.282. The molecule has 0 bridgehead atoms. The summed E-state index contributed by atoms with van der Waals surface area (Å²) >= 11 is 0. The van der Waals surface area contributed by atoms with E-state index in [-0.39, 0.29) is 0 Å². The van der Waals surface area contributed by atoms with E-state index in [4.69, 9.17) is 9.97 Å². The zero-order chi connectivity index (χ0) is 30.6. The molecule has 0 saturated heterocycles. The molecule has 0 saturated carbocycles. The van der Waals surface area contributed by atoms with Gasteiger partial charge in [-0.2, -0.15) is 0 Å². The van der Waals surface area contributed by atoms with E-state index in [1.807, 2.05) is 0 Å². The lowest BCUT2D eigenvalue weighted by Crippen LogP contribution is -2.36. The van der Waals surface area contributed by atoms with Gasteiger partial charge >= 0.3 is 0 Å². The van der Waals surface area contributed by atoms with Crippen LogP contribution >= 0.6 is 7.26 Å². The minimum absolute atomic E-state index is 0.555. The molecule has 4 aromatic carbocycles. The number of benzene rings is 4. The average Bonchev–Trinajstić information content (AvgIpc) is 3.00. The highest BCUT2D eigenvalue weighted by molar-refractivity contribution is 7.96. The molecule has 0 aliphatic carbocycles. The van der Waals surface area contributed by atoms with Crippen LogP contribution in [0.5, 0.6) is 0 Å². The van der Waals surface area contributed by atoms with Gasteiger partial charge < -0.3 is 0 Å². The molecule has 216 valence electrons. The molecule has 0 aliphatic heterocycles. The van der Waals surface area contributed by atoms with Crippen molar-refractivity contribution in [1.82, 2.24) is 9.97 Å². The monoisotopic (exact) mass is 573 g/mol. The Labute approximate surface area is 254 Å². The van der Waals surface area contributed by atoms with Gasteiger partial charge in [0, 0.05) is 11.1 Å². The van der Waals surface area contributed by atoms with Gasteiger partial charge in [-0.15, -0.1) is 0 Å². The molecule has 5 aromatic rings. The second-order valence-corrected chi connectivity index (χ2v) is 15.8. The van der Waals surface area contributed by atoms with Crippen molar-refractivity contribution in [2.45, 2.75) is 74.9 Å². The van der Waals surface area contributed by atoms with Gasteiger partial charge in [0.05, 0.1) is 11.2 Å². The minimum atomic E-state index is -1.63. The summed E-state index contributed by atoms with van der Waals surface area (Å²) in [5.74, 6) is 0.862. The summed E-state index contributed by atoms with van der Waals surface area (Å²) in [4.78, 5) is 9.58. The lowest BCUT2D eigenvalue weighted by atomic mass is 9.93. The Morgan fingerprint density at radius 3 is 1.33 bits per heavy atom. The molecule has 1 heterocycles. The summed E-state index contributed by atoms with van der Waals surface area (Å²) in [5.41, 5.74) is 10.5. The van der Waals surface area contributed by atoms with Crippen molar-refractivity contribution >= 4 is 39.7 Å². The molecule has 1 aromatic heterocycles. The third-order valence-corrected chi connectivity index (χ3v) is 13.7. The van der Waals surface area contributed by atoms with E-state index in [9.17, 15) is 0 Å². The summed E-state index contributed by atoms with van der Waals surface area (Å²) in [5, 5.41) is 5.60. The van der Waals surface area contributed by atoms with Crippen molar-refractivity contribution in [3.8, 4) is 0 Å². The summed E-state index contributed by atoms with van der Waals surface area (Å²) in [7, 11) is -1.63. The number of allylic oxidation sites excluding steroid dienone is 2. The predicted molar refractivity (Wildman–Crippen MR) is 187 cm³/mol. The van der Waals surface area contributed by atoms with Crippen LogP contribution in [-0.4, -0.2) is 15.6 Å². The first-order chi connectivity index (χ1) is 20.0. The number of aromatic nitrogens is 2. The third kappa shape index (κ3) is 5.83. The normalized spacial score (nSPS) is 11.3. The highest BCUT2D eigenvalue weighted by Gasteiger charge is 2.48. The van der Waals surface area contributed by atoms with Gasteiger partial charge in [0.1, 0.15) is 23.2 Å². The number of rotatable bonds is 5. The fourth-order valence-corrected chi connectivity index (χ4v) is 10.6. The zero-order valence-corrected chi connectivity index (χ0v) is 28.0. The largest absolute Gasteiger partial charge is 0.233 e. The van der Waals surface area contributed by atoms with Crippen molar-refractivity contribution in [2.75, 3.05) is 0 Å². The number of nitrogens with zero attached hydrogens (tertiary/aromatic N) is 2. The molecule has 0 amide bonds. The van der Waals surface area contributed by atoms with E-state index in [0.29, 0.717) is 5.66 Å². The van der Waals surface area contributed by atoms with Gasteiger partial charge in [-0.1, -0.05) is 60.2 Å². The van der Waals surface area contributed by atoms with Crippen LogP contribution in [0.25, 0.3) is 16.5 Å². The van der Waals surface area contributed by atoms with E-state index < -0.39 is 7.26 Å². The van der Waals surface area contributed by atoms with Crippen molar-refractivity contribution in [1.29, 1.82) is 0 Å². The maximum atomic E-state index is 4.85. The molecule has 5 rings (SSSR count). The van der Waals surface area contributed by atoms with Crippen LogP contribution in [0, 0.1) is 34.6 Å². The highest BCUT2D eigenvalue weighted by Crippen LogP contribution is 2.59. The SMILES string of the molecule is CC(C)=C(C)c1nc(C)c2c(C)c(C)c(C)c(C)c2n1.CC(C)[P+](c1ccccc1)(c1ccccc1)c1ccccc1. The zero-order valence-electron chi connectivity index (χ0n) is 27.1. The Morgan fingerprint density at radius 1 is 0.548 bits per heavy atom. The van der Waals surface area contributed by atoms with Gasteiger partial charge in [-0.05, 0) is 133 Å². The van der Waals surface area contributed by atoms with Crippen LogP contribution in [0.4, 0.5) is 0 Å². The molecule has 0 spiro atoms. The van der Waals surface area contributed by atoms with E-state index >= 15 is 0 Å². The third-order valence-electron chi connectivity index (χ3n) is 8.86. The van der Waals surface area contributed by atoms with Crippen molar-refractivity contribution in [2.24, 2.45) is 0 Å². The number of aryl methyl sites for hydroxylation is 3. The van der Waals surface area contributed by atoms with Gasteiger partial charge in [-0.3, -0.25) is 0 Å². The molecular formula is C39H46N2P+. The molecular weight excluding hydrogens is 527 g/mol. The number of hydrogen-bond donors (Lipinski definition) is 0. The Kier molecular flexibility index (Phi) is 9.80. The summed E-state index contributed by atoms with van der Waals surface area (Å²) < 4.78 is 0. The summed E-state index contributed by atoms with van der Waals surface area (Å²) in [6.07, 6.45) is 0. The maximum absolute atomic E-state index is 4.85. The van der Waals surface area contributed by atoms with Gasteiger partial charge in [0.25, 0.3) is 0 Å². The molecule has 0 aliphatic rings. The number of hydrogen-bond acceptors (Lipinski definition) is 2. The first-order valence-corrected chi connectivity index (χ1v) is 16.8. The molecule has 2 nitrogen and oxygen atoms in total. The van der Waals surface area contributed by atoms with Gasteiger partial charge in [-0.25, -0.2) is 9.97 Å². The highest BCUT2D eigenvalue weighted by atomic mass is 31.2. The quantitative estimate of drug-likeness (QED) is 0.196. The van der Waals surface area contributed by atoms with Crippen molar-refractivity contribution in [3.63, 3.8) is 0 Å². The lowest BCUT2D eigenvalue weighted by Gasteiger charge is -2.31. The first-order valence-electron chi connectivity index (χ1n) is 15.0. The van der Waals surface area contributed by atoms with E-state index in [2.05, 4.69) is 160 Å². The molecule has 0 N–H and O–H groups in total.